The topological polar surface area (TPSA) is 169 Å². The second kappa shape index (κ2) is 37.1. The van der Waals surface area contributed by atoms with Gasteiger partial charge in [-0.25, -0.2) is 9.36 Å². The Morgan fingerprint density at radius 2 is 1.07 bits per heavy atom. The monoisotopic (exact) mass is 781 g/mol. The second-order valence-electron chi connectivity index (χ2n) is 13.4. The summed E-state index contributed by atoms with van der Waals surface area (Å²) < 4.78 is 26.8. The third kappa shape index (κ3) is 36.2. The lowest BCUT2D eigenvalue weighted by Gasteiger charge is -2.18. The van der Waals surface area contributed by atoms with Crippen molar-refractivity contribution in [3.63, 3.8) is 0 Å². The fraction of sp³-hybridized carbons (Fsp3) is 0.690. The molecule has 3 unspecified atom stereocenters. The van der Waals surface area contributed by atoms with Crippen LogP contribution < -0.4 is 5.32 Å². The summed E-state index contributed by atoms with van der Waals surface area (Å²) in [6.07, 6.45) is 41.0. The van der Waals surface area contributed by atoms with Crippen LogP contribution in [0.15, 0.2) is 60.8 Å². The normalized spacial score (nSPS) is 14.4. The maximum Gasteiger partial charge on any atom is 0.472 e. The van der Waals surface area contributed by atoms with Gasteiger partial charge < -0.3 is 25.2 Å². The summed E-state index contributed by atoms with van der Waals surface area (Å²) in [5.41, 5.74) is 0. The third-order valence-electron chi connectivity index (χ3n) is 8.29. The minimum Gasteiger partial charge on any atom is -0.480 e. The van der Waals surface area contributed by atoms with Crippen molar-refractivity contribution in [1.82, 2.24) is 5.32 Å². The highest BCUT2D eigenvalue weighted by Crippen LogP contribution is 2.43. The Morgan fingerprint density at radius 3 is 1.61 bits per heavy atom. The van der Waals surface area contributed by atoms with E-state index >= 15 is 0 Å². The molecule has 310 valence electrons. The molecule has 0 heterocycles. The Bertz CT molecular complexity index is 1150. The van der Waals surface area contributed by atoms with Gasteiger partial charge in [0.2, 0.25) is 5.91 Å². The summed E-state index contributed by atoms with van der Waals surface area (Å²) in [4.78, 5) is 45.8. The number of phosphoric ester groups is 1. The molecule has 0 aromatic rings. The minimum absolute atomic E-state index is 0.126. The SMILES string of the molecule is CC/C=C\C/C=C\C/C=C\CCCCCCCC(=O)OCC(O)COP(=O)(O)OCC(NC(=O)CCCCCCC/C=C\C/C=C\CCCCC)C(=O)O. The van der Waals surface area contributed by atoms with Crippen LogP contribution >= 0.6 is 7.82 Å². The molecule has 54 heavy (non-hydrogen) atoms. The Balaban J connectivity index is 3.99. The Hall–Kier alpha value is -2.82. The maximum atomic E-state index is 12.3. The summed E-state index contributed by atoms with van der Waals surface area (Å²) in [5, 5.41) is 21.8. The van der Waals surface area contributed by atoms with Gasteiger partial charge in [-0.15, -0.1) is 0 Å². The molecule has 12 heteroatoms. The molecule has 0 aliphatic rings. The number of carboxylic acids is 1. The van der Waals surface area contributed by atoms with E-state index in [1.165, 1.54) is 19.3 Å². The fourth-order valence-corrected chi connectivity index (χ4v) is 5.89. The molecule has 0 saturated carbocycles. The molecule has 11 nitrogen and oxygen atoms in total. The molecule has 0 spiro atoms. The molecular formula is C42H72NO10P. The van der Waals surface area contributed by atoms with Crippen molar-refractivity contribution in [3.05, 3.63) is 60.8 Å². The number of carboxylic acid groups (broad SMARTS) is 1. The number of carbonyl (C=O) groups is 3. The standard InChI is InChI=1S/C42H72NO10P/c1-3-5-7-9-11-13-15-17-19-21-23-25-27-29-31-33-40(45)43-39(42(47)48)37-53-54(49,50)52-36-38(44)35-51-41(46)34-32-30-28-26-24-22-20-18-16-14-12-10-8-6-4-2/h6,8,11-14,17-20,38-39,44H,3-5,7,9-10,15-16,21-37H2,1-2H3,(H,43,45)(H,47,48)(H,49,50)/b8-6-,13-11-,14-12-,19-17-,20-18-. The number of aliphatic carboxylic acids is 1. The number of rotatable bonds is 37. The van der Waals surface area contributed by atoms with Crippen molar-refractivity contribution < 1.29 is 47.8 Å². The molecule has 0 bridgehead atoms. The lowest BCUT2D eigenvalue weighted by atomic mass is 10.1. The molecule has 0 radical (unpaired) electrons. The number of nitrogens with one attached hydrogen (secondary N) is 1. The Labute approximate surface area is 326 Å². The number of amides is 1. The number of carbonyl (C=O) groups excluding carboxylic acids is 2. The number of hydrogen-bond donors (Lipinski definition) is 4. The zero-order valence-corrected chi connectivity index (χ0v) is 34.1. The fourth-order valence-electron chi connectivity index (χ4n) is 5.12. The number of esters is 1. The molecule has 0 fully saturated rings. The van der Waals surface area contributed by atoms with E-state index < -0.39 is 57.6 Å². The van der Waals surface area contributed by atoms with Gasteiger partial charge in [-0.1, -0.05) is 126 Å². The van der Waals surface area contributed by atoms with E-state index in [0.29, 0.717) is 12.8 Å². The minimum atomic E-state index is -4.76. The van der Waals surface area contributed by atoms with Crippen LogP contribution in [0.1, 0.15) is 155 Å². The summed E-state index contributed by atoms with van der Waals surface area (Å²) in [6, 6.07) is -1.56. The number of aliphatic hydroxyl groups excluding tert-OH is 1. The first-order valence-corrected chi connectivity index (χ1v) is 21.8. The van der Waals surface area contributed by atoms with Crippen molar-refractivity contribution in [1.29, 1.82) is 0 Å². The van der Waals surface area contributed by atoms with Crippen molar-refractivity contribution >= 4 is 25.7 Å². The van der Waals surface area contributed by atoms with Crippen LogP contribution in [0.25, 0.3) is 0 Å². The Kier molecular flexibility index (Phi) is 35.2. The average Bonchev–Trinajstić information content (AvgIpc) is 3.14. The number of ether oxygens (including phenoxy) is 1. The van der Waals surface area contributed by atoms with Crippen molar-refractivity contribution in [3.8, 4) is 0 Å². The van der Waals surface area contributed by atoms with E-state index in [1.807, 2.05) is 0 Å². The summed E-state index contributed by atoms with van der Waals surface area (Å²) in [5.74, 6) is -2.42. The number of phosphoric acid groups is 1. The predicted octanol–water partition coefficient (Wildman–Crippen LogP) is 10.00. The second-order valence-corrected chi connectivity index (χ2v) is 14.9. The van der Waals surface area contributed by atoms with Gasteiger partial charge in [-0.2, -0.15) is 0 Å². The van der Waals surface area contributed by atoms with Gasteiger partial charge in [-0.3, -0.25) is 18.6 Å². The van der Waals surface area contributed by atoms with Crippen LogP contribution in [0, 0.1) is 0 Å². The molecular weight excluding hydrogens is 709 g/mol. The van der Waals surface area contributed by atoms with Gasteiger partial charge in [0.15, 0.2) is 6.04 Å². The first-order chi connectivity index (χ1) is 26.1. The maximum absolute atomic E-state index is 12.3. The van der Waals surface area contributed by atoms with Gasteiger partial charge >= 0.3 is 19.8 Å². The molecule has 0 aliphatic heterocycles. The summed E-state index contributed by atoms with van der Waals surface area (Å²) in [7, 11) is -4.76. The third-order valence-corrected chi connectivity index (χ3v) is 9.24. The largest absolute Gasteiger partial charge is 0.480 e. The number of aliphatic hydroxyl groups is 1. The predicted molar refractivity (Wildman–Crippen MR) is 217 cm³/mol. The number of allylic oxidation sites excluding steroid dienone is 10. The van der Waals surface area contributed by atoms with Gasteiger partial charge in [0, 0.05) is 12.8 Å². The highest BCUT2D eigenvalue weighted by atomic mass is 31.2. The first kappa shape index (κ1) is 51.2. The van der Waals surface area contributed by atoms with E-state index in [2.05, 4.69) is 79.9 Å². The molecule has 4 N–H and O–H groups in total. The van der Waals surface area contributed by atoms with Crippen molar-refractivity contribution in [2.75, 3.05) is 19.8 Å². The van der Waals surface area contributed by atoms with Gasteiger partial charge in [0.1, 0.15) is 12.7 Å². The zero-order chi connectivity index (χ0) is 40.0. The molecule has 0 aliphatic carbocycles. The zero-order valence-electron chi connectivity index (χ0n) is 33.3. The van der Waals surface area contributed by atoms with Crippen LogP contribution in [0.2, 0.25) is 0 Å². The smallest absolute Gasteiger partial charge is 0.472 e. The average molecular weight is 782 g/mol. The Morgan fingerprint density at radius 1 is 0.611 bits per heavy atom. The molecule has 0 saturated heterocycles. The van der Waals surface area contributed by atoms with Crippen LogP contribution in [-0.4, -0.2) is 64.9 Å². The molecule has 0 aromatic carbocycles. The summed E-state index contributed by atoms with van der Waals surface area (Å²) in [6.45, 7) is 2.40. The van der Waals surface area contributed by atoms with E-state index in [0.717, 1.165) is 96.3 Å². The molecule has 3 atom stereocenters. The van der Waals surface area contributed by atoms with E-state index in [9.17, 15) is 34.1 Å². The first-order valence-electron chi connectivity index (χ1n) is 20.3. The van der Waals surface area contributed by atoms with Crippen LogP contribution in [0.4, 0.5) is 0 Å². The van der Waals surface area contributed by atoms with Crippen LogP contribution in [0.3, 0.4) is 0 Å². The van der Waals surface area contributed by atoms with E-state index in [1.54, 1.807) is 0 Å². The highest BCUT2D eigenvalue weighted by molar-refractivity contribution is 7.47. The van der Waals surface area contributed by atoms with Gasteiger partial charge in [0.05, 0.1) is 13.2 Å². The molecule has 0 aromatic heterocycles. The summed E-state index contributed by atoms with van der Waals surface area (Å²) >= 11 is 0. The lowest BCUT2D eigenvalue weighted by Crippen LogP contribution is -2.43. The number of unbranched alkanes of at least 4 members (excludes halogenated alkanes) is 13. The quantitative estimate of drug-likeness (QED) is 0.0206. The van der Waals surface area contributed by atoms with Crippen molar-refractivity contribution in [2.45, 2.75) is 167 Å². The van der Waals surface area contributed by atoms with Gasteiger partial charge in [-0.05, 0) is 77.0 Å². The van der Waals surface area contributed by atoms with Gasteiger partial charge in [0.25, 0.3) is 0 Å². The molecule has 1 amide bonds. The molecule has 0 rings (SSSR count). The lowest BCUT2D eigenvalue weighted by molar-refractivity contribution is -0.147. The van der Waals surface area contributed by atoms with Crippen molar-refractivity contribution in [2.24, 2.45) is 0 Å². The van der Waals surface area contributed by atoms with E-state index in [-0.39, 0.29) is 12.8 Å². The van der Waals surface area contributed by atoms with E-state index in [4.69, 9.17) is 13.8 Å². The highest BCUT2D eigenvalue weighted by Gasteiger charge is 2.28. The van der Waals surface area contributed by atoms with Crippen LogP contribution in [0.5, 0.6) is 0 Å². The number of hydrogen-bond acceptors (Lipinski definition) is 8. The van der Waals surface area contributed by atoms with Crippen LogP contribution in [-0.2, 0) is 32.7 Å².